The van der Waals surface area contributed by atoms with Crippen molar-refractivity contribution < 1.29 is 0 Å². The molecule has 2 saturated heterocycles. The topological polar surface area (TPSA) is 32.5 Å². The van der Waals surface area contributed by atoms with E-state index in [0.717, 1.165) is 12.6 Å². The number of piperidine rings is 1. The van der Waals surface area contributed by atoms with Gasteiger partial charge in [-0.05, 0) is 45.2 Å². The number of nitrogens with zero attached hydrogens (tertiary/aromatic N) is 2. The van der Waals surface area contributed by atoms with Crippen molar-refractivity contribution in [3.05, 3.63) is 0 Å². The van der Waals surface area contributed by atoms with Crippen molar-refractivity contribution >= 4 is 0 Å². The van der Waals surface area contributed by atoms with Gasteiger partial charge < -0.3 is 5.73 Å². The summed E-state index contributed by atoms with van der Waals surface area (Å²) in [6.07, 6.45) is 6.79. The van der Waals surface area contributed by atoms with Gasteiger partial charge in [0.1, 0.15) is 0 Å². The molecule has 0 saturated carbocycles. The fourth-order valence-corrected chi connectivity index (χ4v) is 3.69. The monoisotopic (exact) mass is 253 g/mol. The molecule has 0 aromatic carbocycles. The summed E-state index contributed by atoms with van der Waals surface area (Å²) >= 11 is 0. The van der Waals surface area contributed by atoms with Gasteiger partial charge >= 0.3 is 0 Å². The van der Waals surface area contributed by atoms with Crippen LogP contribution in [0.1, 0.15) is 46.0 Å². The van der Waals surface area contributed by atoms with Crippen LogP contribution in [-0.4, -0.2) is 54.6 Å². The highest BCUT2D eigenvalue weighted by Gasteiger charge is 2.33. The molecule has 0 aromatic rings. The molecule has 0 radical (unpaired) electrons. The van der Waals surface area contributed by atoms with Crippen molar-refractivity contribution in [3.63, 3.8) is 0 Å². The van der Waals surface area contributed by atoms with Gasteiger partial charge in [-0.25, -0.2) is 0 Å². The molecule has 0 aromatic heterocycles. The van der Waals surface area contributed by atoms with E-state index < -0.39 is 0 Å². The molecule has 106 valence electrons. The molecule has 3 heteroatoms. The van der Waals surface area contributed by atoms with Crippen molar-refractivity contribution in [2.45, 2.75) is 58.0 Å². The third-order valence-electron chi connectivity index (χ3n) is 4.84. The standard InChI is InChI=1S/C15H31N3/c1-3-6-14(9-16)11-18-12-15-7-4-5-8-17(15)10-13(18)2/h13-15H,3-12,16H2,1-2H3. The number of fused-ring (bicyclic) bond motifs is 1. The summed E-state index contributed by atoms with van der Waals surface area (Å²) in [4.78, 5) is 5.43. The average molecular weight is 253 g/mol. The van der Waals surface area contributed by atoms with Crippen molar-refractivity contribution in [1.29, 1.82) is 0 Å². The molecule has 2 aliphatic rings. The quantitative estimate of drug-likeness (QED) is 0.812. The molecule has 2 N–H and O–H groups in total. The maximum atomic E-state index is 5.92. The van der Waals surface area contributed by atoms with Gasteiger partial charge in [0.2, 0.25) is 0 Å². The lowest BCUT2D eigenvalue weighted by atomic mass is 9.95. The van der Waals surface area contributed by atoms with Crippen molar-refractivity contribution in [3.8, 4) is 0 Å². The van der Waals surface area contributed by atoms with Crippen LogP contribution in [0.5, 0.6) is 0 Å². The Morgan fingerprint density at radius 3 is 2.83 bits per heavy atom. The number of rotatable bonds is 5. The molecular formula is C15H31N3. The summed E-state index contributed by atoms with van der Waals surface area (Å²) in [5.74, 6) is 0.701. The first-order valence-corrected chi connectivity index (χ1v) is 7.92. The van der Waals surface area contributed by atoms with Gasteiger partial charge in [-0.1, -0.05) is 19.8 Å². The van der Waals surface area contributed by atoms with E-state index >= 15 is 0 Å². The van der Waals surface area contributed by atoms with Crippen molar-refractivity contribution in [2.75, 3.05) is 32.7 Å². The highest BCUT2D eigenvalue weighted by atomic mass is 15.3. The van der Waals surface area contributed by atoms with E-state index in [1.165, 1.54) is 58.3 Å². The molecule has 0 amide bonds. The van der Waals surface area contributed by atoms with Crippen molar-refractivity contribution in [2.24, 2.45) is 11.7 Å². The highest BCUT2D eigenvalue weighted by molar-refractivity contribution is 4.89. The van der Waals surface area contributed by atoms with Crippen molar-refractivity contribution in [1.82, 2.24) is 9.80 Å². The summed E-state index contributed by atoms with van der Waals surface area (Å²) in [5.41, 5.74) is 5.92. The molecule has 3 atom stereocenters. The van der Waals surface area contributed by atoms with E-state index in [4.69, 9.17) is 5.73 Å². The minimum atomic E-state index is 0.701. The molecule has 3 unspecified atom stereocenters. The van der Waals surface area contributed by atoms with E-state index in [1.54, 1.807) is 0 Å². The molecule has 0 spiro atoms. The van der Waals surface area contributed by atoms with Crippen LogP contribution in [0, 0.1) is 5.92 Å². The van der Waals surface area contributed by atoms with Crippen LogP contribution in [0.25, 0.3) is 0 Å². The van der Waals surface area contributed by atoms with E-state index in [-0.39, 0.29) is 0 Å². The van der Waals surface area contributed by atoms with Crippen LogP contribution in [-0.2, 0) is 0 Å². The third kappa shape index (κ3) is 3.46. The van der Waals surface area contributed by atoms with Crippen LogP contribution in [0.4, 0.5) is 0 Å². The fourth-order valence-electron chi connectivity index (χ4n) is 3.69. The fraction of sp³-hybridized carbons (Fsp3) is 1.00. The van der Waals surface area contributed by atoms with Gasteiger partial charge in [0, 0.05) is 31.7 Å². The van der Waals surface area contributed by atoms with E-state index in [1.807, 2.05) is 0 Å². The molecule has 3 nitrogen and oxygen atoms in total. The molecular weight excluding hydrogens is 222 g/mol. The molecule has 2 heterocycles. The predicted octanol–water partition coefficient (Wildman–Crippen LogP) is 1.92. The second-order valence-electron chi connectivity index (χ2n) is 6.34. The largest absolute Gasteiger partial charge is 0.330 e. The van der Waals surface area contributed by atoms with Crippen LogP contribution in [0.3, 0.4) is 0 Å². The number of nitrogens with two attached hydrogens (primary N) is 1. The lowest BCUT2D eigenvalue weighted by Gasteiger charge is -2.48. The molecule has 18 heavy (non-hydrogen) atoms. The molecule has 2 aliphatic heterocycles. The lowest BCUT2D eigenvalue weighted by Crippen LogP contribution is -2.59. The first-order valence-electron chi connectivity index (χ1n) is 7.92. The van der Waals surface area contributed by atoms with Crippen LogP contribution in [0.15, 0.2) is 0 Å². The molecule has 0 aliphatic carbocycles. The Hall–Kier alpha value is -0.120. The maximum Gasteiger partial charge on any atom is 0.0223 e. The molecule has 0 bridgehead atoms. The second kappa shape index (κ2) is 6.88. The normalized spacial score (nSPS) is 32.2. The Balaban J connectivity index is 1.88. The van der Waals surface area contributed by atoms with Crippen LogP contribution >= 0.6 is 0 Å². The lowest BCUT2D eigenvalue weighted by molar-refractivity contribution is 0.00764. The minimum absolute atomic E-state index is 0.701. The third-order valence-corrected chi connectivity index (χ3v) is 4.84. The first-order chi connectivity index (χ1) is 8.74. The molecule has 2 rings (SSSR count). The summed E-state index contributed by atoms with van der Waals surface area (Å²) in [6.45, 7) is 10.6. The zero-order valence-corrected chi connectivity index (χ0v) is 12.3. The van der Waals surface area contributed by atoms with Gasteiger partial charge in [0.05, 0.1) is 0 Å². The van der Waals surface area contributed by atoms with Gasteiger partial charge in [-0.3, -0.25) is 9.80 Å². The van der Waals surface area contributed by atoms with E-state index in [2.05, 4.69) is 23.6 Å². The van der Waals surface area contributed by atoms with Crippen LogP contribution < -0.4 is 5.73 Å². The Morgan fingerprint density at radius 1 is 1.28 bits per heavy atom. The Morgan fingerprint density at radius 2 is 2.11 bits per heavy atom. The van der Waals surface area contributed by atoms with Crippen LogP contribution in [0.2, 0.25) is 0 Å². The smallest absolute Gasteiger partial charge is 0.0223 e. The first kappa shape index (κ1) is 14.3. The van der Waals surface area contributed by atoms with Gasteiger partial charge in [-0.2, -0.15) is 0 Å². The van der Waals surface area contributed by atoms with E-state index in [9.17, 15) is 0 Å². The summed E-state index contributed by atoms with van der Waals surface area (Å²) in [7, 11) is 0. The summed E-state index contributed by atoms with van der Waals surface area (Å²) in [5, 5.41) is 0. The van der Waals surface area contributed by atoms with E-state index in [0.29, 0.717) is 12.0 Å². The summed E-state index contributed by atoms with van der Waals surface area (Å²) < 4.78 is 0. The summed E-state index contributed by atoms with van der Waals surface area (Å²) in [6, 6.07) is 1.54. The minimum Gasteiger partial charge on any atom is -0.330 e. The molecule has 2 fully saturated rings. The second-order valence-corrected chi connectivity index (χ2v) is 6.34. The number of hydrogen-bond donors (Lipinski definition) is 1. The average Bonchev–Trinajstić information content (AvgIpc) is 2.39. The van der Waals surface area contributed by atoms with Gasteiger partial charge in [0.15, 0.2) is 0 Å². The Bertz CT molecular complexity index is 242. The number of hydrogen-bond acceptors (Lipinski definition) is 3. The van der Waals surface area contributed by atoms with Gasteiger partial charge in [-0.15, -0.1) is 0 Å². The predicted molar refractivity (Wildman–Crippen MR) is 77.7 cm³/mol. The zero-order valence-electron chi connectivity index (χ0n) is 12.3. The van der Waals surface area contributed by atoms with Gasteiger partial charge in [0.25, 0.3) is 0 Å². The number of piperazine rings is 1. The Kier molecular flexibility index (Phi) is 5.46. The zero-order chi connectivity index (χ0) is 13.0. The SMILES string of the molecule is CCCC(CN)CN1CC2CCCCN2CC1C. The Labute approximate surface area is 113 Å². The highest BCUT2D eigenvalue weighted by Crippen LogP contribution is 2.24. The maximum absolute atomic E-state index is 5.92.